The minimum Gasteiger partial charge on any atom is -0.388 e. The summed E-state index contributed by atoms with van der Waals surface area (Å²) < 4.78 is 13.0. The number of halogens is 1. The van der Waals surface area contributed by atoms with E-state index in [4.69, 9.17) is 0 Å². The topological polar surface area (TPSA) is 23.5 Å². The molecular weight excluding hydrogens is 361 g/mol. The fourth-order valence-electron chi connectivity index (χ4n) is 4.56. The second-order valence-corrected chi connectivity index (χ2v) is 8.34. The number of nitrogens with zero attached hydrogens (tertiary/aromatic N) is 1. The first-order valence-corrected chi connectivity index (χ1v) is 10.8. The first-order chi connectivity index (χ1) is 14.2. The zero-order valence-corrected chi connectivity index (χ0v) is 16.9. The molecule has 3 heteroatoms. The molecule has 1 aliphatic heterocycles. The summed E-state index contributed by atoms with van der Waals surface area (Å²) in [5.74, 6) is 0.495. The number of hydrogen-bond acceptors (Lipinski definition) is 2. The van der Waals surface area contributed by atoms with Gasteiger partial charge in [-0.25, -0.2) is 4.39 Å². The number of aliphatic hydroxyl groups is 1. The molecule has 1 unspecified atom stereocenters. The van der Waals surface area contributed by atoms with Crippen molar-refractivity contribution in [3.63, 3.8) is 0 Å². The molecule has 152 valence electrons. The number of aliphatic hydroxyl groups excluding tert-OH is 1. The van der Waals surface area contributed by atoms with Gasteiger partial charge >= 0.3 is 0 Å². The largest absolute Gasteiger partial charge is 0.388 e. The fourth-order valence-corrected chi connectivity index (χ4v) is 4.56. The van der Waals surface area contributed by atoms with Crippen LogP contribution in [0.4, 0.5) is 4.39 Å². The highest BCUT2D eigenvalue weighted by Gasteiger charge is 2.20. The summed E-state index contributed by atoms with van der Waals surface area (Å²) in [5.41, 5.74) is 2.28. The number of hydrogen-bond donors (Lipinski definition) is 1. The standard InChI is InChI=1S/C26H30FNO/c27-24-12-10-22(11-13-24)26(29)9-4-16-28-17-14-20(15-18-28)19-23-7-3-6-21-5-1-2-8-25(21)23/h1-3,5-8,10-13,20,26,29H,4,9,14-19H2. The minimum atomic E-state index is -0.500. The summed E-state index contributed by atoms with van der Waals surface area (Å²) in [7, 11) is 0. The van der Waals surface area contributed by atoms with Gasteiger partial charge in [-0.05, 0) is 91.7 Å². The van der Waals surface area contributed by atoms with Crippen molar-refractivity contribution in [3.8, 4) is 0 Å². The van der Waals surface area contributed by atoms with Gasteiger partial charge in [-0.1, -0.05) is 54.6 Å². The first kappa shape index (κ1) is 20.1. The number of piperidine rings is 1. The van der Waals surface area contributed by atoms with Crippen LogP contribution in [0.15, 0.2) is 66.7 Å². The van der Waals surface area contributed by atoms with Crippen molar-refractivity contribution in [1.82, 2.24) is 4.90 Å². The normalized spacial score (nSPS) is 16.9. The fraction of sp³-hybridized carbons (Fsp3) is 0.385. The average molecular weight is 392 g/mol. The van der Waals surface area contributed by atoms with Gasteiger partial charge in [0.2, 0.25) is 0 Å². The lowest BCUT2D eigenvalue weighted by molar-refractivity contribution is 0.142. The molecular formula is C26H30FNO. The van der Waals surface area contributed by atoms with Gasteiger partial charge in [0, 0.05) is 0 Å². The molecule has 0 spiro atoms. The van der Waals surface area contributed by atoms with E-state index in [2.05, 4.69) is 47.4 Å². The number of likely N-dealkylation sites (tertiary alicyclic amines) is 1. The van der Waals surface area contributed by atoms with E-state index in [-0.39, 0.29) is 5.82 Å². The maximum atomic E-state index is 13.0. The Kier molecular flexibility index (Phi) is 6.58. The van der Waals surface area contributed by atoms with E-state index in [1.165, 1.54) is 47.7 Å². The van der Waals surface area contributed by atoms with Gasteiger partial charge in [-0.3, -0.25) is 0 Å². The molecule has 1 heterocycles. The monoisotopic (exact) mass is 391 g/mol. The molecule has 3 aromatic rings. The van der Waals surface area contributed by atoms with Crippen LogP contribution < -0.4 is 0 Å². The van der Waals surface area contributed by atoms with Gasteiger partial charge in [-0.2, -0.15) is 0 Å². The van der Waals surface area contributed by atoms with E-state index in [0.29, 0.717) is 0 Å². The molecule has 1 saturated heterocycles. The van der Waals surface area contributed by atoms with Crippen LogP contribution in [-0.2, 0) is 6.42 Å². The zero-order valence-electron chi connectivity index (χ0n) is 16.9. The van der Waals surface area contributed by atoms with Gasteiger partial charge in [-0.15, -0.1) is 0 Å². The van der Waals surface area contributed by atoms with Gasteiger partial charge in [0.1, 0.15) is 5.82 Å². The van der Waals surface area contributed by atoms with Crippen LogP contribution in [-0.4, -0.2) is 29.6 Å². The number of benzene rings is 3. The molecule has 0 aliphatic carbocycles. The molecule has 0 aromatic heterocycles. The molecule has 1 atom stereocenters. The Morgan fingerprint density at radius 1 is 0.931 bits per heavy atom. The molecule has 2 nitrogen and oxygen atoms in total. The van der Waals surface area contributed by atoms with Crippen LogP contribution in [0.5, 0.6) is 0 Å². The SMILES string of the molecule is OC(CCCN1CCC(Cc2cccc3ccccc23)CC1)c1ccc(F)cc1. The van der Waals surface area contributed by atoms with E-state index in [1.807, 2.05) is 0 Å². The highest BCUT2D eigenvalue weighted by Crippen LogP contribution is 2.27. The van der Waals surface area contributed by atoms with E-state index in [9.17, 15) is 9.50 Å². The summed E-state index contributed by atoms with van der Waals surface area (Å²) in [6.45, 7) is 3.31. The lowest BCUT2D eigenvalue weighted by atomic mass is 9.88. The maximum absolute atomic E-state index is 13.0. The molecule has 29 heavy (non-hydrogen) atoms. The quantitative estimate of drug-likeness (QED) is 0.554. The second-order valence-electron chi connectivity index (χ2n) is 8.34. The Labute approximate surface area is 173 Å². The Bertz CT molecular complexity index is 910. The van der Waals surface area contributed by atoms with Crippen molar-refractivity contribution in [1.29, 1.82) is 0 Å². The average Bonchev–Trinajstić information content (AvgIpc) is 2.76. The van der Waals surface area contributed by atoms with Crippen LogP contribution in [0.3, 0.4) is 0 Å². The highest BCUT2D eigenvalue weighted by atomic mass is 19.1. The van der Waals surface area contributed by atoms with E-state index >= 15 is 0 Å². The van der Waals surface area contributed by atoms with Crippen LogP contribution in [0.1, 0.15) is 42.9 Å². The van der Waals surface area contributed by atoms with Gasteiger partial charge in [0.15, 0.2) is 0 Å². The van der Waals surface area contributed by atoms with Gasteiger partial charge in [0.25, 0.3) is 0 Å². The molecule has 1 N–H and O–H groups in total. The third-order valence-corrected chi connectivity index (χ3v) is 6.30. The summed E-state index contributed by atoms with van der Waals surface area (Å²) in [4.78, 5) is 2.52. The van der Waals surface area contributed by atoms with Crippen molar-refractivity contribution in [2.24, 2.45) is 5.92 Å². The van der Waals surface area contributed by atoms with Gasteiger partial charge < -0.3 is 10.0 Å². The van der Waals surface area contributed by atoms with Crippen molar-refractivity contribution in [2.75, 3.05) is 19.6 Å². The number of fused-ring (bicyclic) bond motifs is 1. The Morgan fingerprint density at radius 3 is 2.45 bits per heavy atom. The van der Waals surface area contributed by atoms with Crippen LogP contribution in [0, 0.1) is 11.7 Å². The predicted octanol–water partition coefficient (Wildman–Crippen LogP) is 5.75. The summed E-state index contributed by atoms with van der Waals surface area (Å²) in [6, 6.07) is 21.5. The Balaban J connectivity index is 1.22. The maximum Gasteiger partial charge on any atom is 0.123 e. The van der Waals surface area contributed by atoms with Crippen LogP contribution in [0.2, 0.25) is 0 Å². The molecule has 0 amide bonds. The molecule has 1 aliphatic rings. The molecule has 0 saturated carbocycles. The summed E-state index contributed by atoms with van der Waals surface area (Å²) in [5, 5.41) is 13.0. The minimum absolute atomic E-state index is 0.257. The Hall–Kier alpha value is -2.23. The predicted molar refractivity (Wildman–Crippen MR) is 117 cm³/mol. The van der Waals surface area contributed by atoms with Crippen molar-refractivity contribution in [2.45, 2.75) is 38.2 Å². The Morgan fingerprint density at radius 2 is 1.66 bits per heavy atom. The second kappa shape index (κ2) is 9.51. The van der Waals surface area contributed by atoms with E-state index in [1.54, 1.807) is 12.1 Å². The van der Waals surface area contributed by atoms with Gasteiger partial charge in [0.05, 0.1) is 6.10 Å². The van der Waals surface area contributed by atoms with E-state index in [0.717, 1.165) is 44.0 Å². The molecule has 0 bridgehead atoms. The highest BCUT2D eigenvalue weighted by molar-refractivity contribution is 5.85. The molecule has 1 fully saturated rings. The van der Waals surface area contributed by atoms with Crippen LogP contribution in [0.25, 0.3) is 10.8 Å². The van der Waals surface area contributed by atoms with Crippen LogP contribution >= 0.6 is 0 Å². The third kappa shape index (κ3) is 5.23. The van der Waals surface area contributed by atoms with Crippen molar-refractivity contribution < 1.29 is 9.50 Å². The number of rotatable bonds is 7. The molecule has 3 aromatic carbocycles. The smallest absolute Gasteiger partial charge is 0.123 e. The zero-order chi connectivity index (χ0) is 20.1. The lowest BCUT2D eigenvalue weighted by Gasteiger charge is -2.32. The molecule has 0 radical (unpaired) electrons. The van der Waals surface area contributed by atoms with E-state index < -0.39 is 6.10 Å². The lowest BCUT2D eigenvalue weighted by Crippen LogP contribution is -2.35. The summed E-state index contributed by atoms with van der Waals surface area (Å²) >= 11 is 0. The third-order valence-electron chi connectivity index (χ3n) is 6.30. The first-order valence-electron chi connectivity index (χ1n) is 10.8. The van der Waals surface area contributed by atoms with Crippen molar-refractivity contribution >= 4 is 10.8 Å². The summed E-state index contributed by atoms with van der Waals surface area (Å²) in [6.07, 6.45) is 4.83. The van der Waals surface area contributed by atoms with Crippen molar-refractivity contribution in [3.05, 3.63) is 83.7 Å². The molecule has 4 rings (SSSR count).